The van der Waals surface area contributed by atoms with Gasteiger partial charge in [-0.05, 0) is 61.1 Å². The van der Waals surface area contributed by atoms with Crippen LogP contribution in [0.25, 0.3) is 0 Å². The Morgan fingerprint density at radius 2 is 1.88 bits per heavy atom. The minimum Gasteiger partial charge on any atom is -0.376 e. The number of amides is 3. The fourth-order valence-electron chi connectivity index (χ4n) is 5.05. The first kappa shape index (κ1) is 19.6. The first-order valence-corrected chi connectivity index (χ1v) is 11.4. The Morgan fingerprint density at radius 3 is 2.66 bits per heavy atom. The van der Waals surface area contributed by atoms with E-state index in [9.17, 15) is 14.4 Å². The maximum atomic E-state index is 13.0. The van der Waals surface area contributed by atoms with Gasteiger partial charge in [0.15, 0.2) is 0 Å². The molecule has 1 N–H and O–H groups in total. The lowest BCUT2D eigenvalue weighted by Gasteiger charge is -2.17. The van der Waals surface area contributed by atoms with E-state index < -0.39 is 0 Å². The topological polar surface area (TPSA) is 79.0 Å². The van der Waals surface area contributed by atoms with Gasteiger partial charge in [-0.15, -0.1) is 0 Å². The van der Waals surface area contributed by atoms with E-state index in [2.05, 4.69) is 16.3 Å². The number of nitrogens with one attached hydrogen (secondary N) is 1. The summed E-state index contributed by atoms with van der Waals surface area (Å²) < 4.78 is 5.59. The van der Waals surface area contributed by atoms with Gasteiger partial charge >= 0.3 is 0 Å². The Kier molecular flexibility index (Phi) is 4.62. The second kappa shape index (κ2) is 7.53. The number of benzene rings is 2. The van der Waals surface area contributed by atoms with Gasteiger partial charge < -0.3 is 10.1 Å². The van der Waals surface area contributed by atoms with Gasteiger partial charge in [-0.2, -0.15) is 0 Å². The third-order valence-corrected chi connectivity index (χ3v) is 6.96. The third-order valence-electron chi connectivity index (χ3n) is 6.96. The minimum absolute atomic E-state index is 0.102. The summed E-state index contributed by atoms with van der Waals surface area (Å²) in [6.45, 7) is 2.72. The third kappa shape index (κ3) is 3.32. The van der Waals surface area contributed by atoms with Crippen molar-refractivity contribution in [2.75, 3.05) is 18.5 Å². The quantitative estimate of drug-likeness (QED) is 0.736. The molecule has 2 fully saturated rings. The summed E-state index contributed by atoms with van der Waals surface area (Å²) in [4.78, 5) is 42.4. The molecule has 3 amide bonds. The normalized spacial score (nSPS) is 22.4. The van der Waals surface area contributed by atoms with Crippen LogP contribution in [0.15, 0.2) is 36.4 Å². The summed E-state index contributed by atoms with van der Waals surface area (Å²) >= 11 is 0. The number of carbonyl (C=O) groups is 3. The highest BCUT2D eigenvalue weighted by Gasteiger charge is 2.38. The molecule has 0 aromatic heterocycles. The van der Waals surface area contributed by atoms with Crippen LogP contribution in [0.5, 0.6) is 0 Å². The molecule has 164 valence electrons. The summed E-state index contributed by atoms with van der Waals surface area (Å²) in [7, 11) is 0. The molecule has 32 heavy (non-hydrogen) atoms. The molecule has 0 spiro atoms. The van der Waals surface area contributed by atoms with Gasteiger partial charge in [0.25, 0.3) is 17.7 Å². The van der Waals surface area contributed by atoms with E-state index in [1.807, 2.05) is 12.1 Å². The van der Waals surface area contributed by atoms with E-state index in [0.717, 1.165) is 31.6 Å². The molecular weight excluding hydrogens is 406 g/mol. The molecule has 1 saturated heterocycles. The smallest absolute Gasteiger partial charge is 0.261 e. The van der Waals surface area contributed by atoms with Crippen LogP contribution in [0.3, 0.4) is 0 Å². The van der Waals surface area contributed by atoms with Crippen LogP contribution in [0.4, 0.5) is 5.69 Å². The highest BCUT2D eigenvalue weighted by atomic mass is 16.5. The molecule has 1 aliphatic carbocycles. The molecule has 0 bridgehead atoms. The summed E-state index contributed by atoms with van der Waals surface area (Å²) in [5.41, 5.74) is 4.26. The number of anilines is 1. The molecule has 7 heteroatoms. The number of fused-ring (bicyclic) bond motifs is 2. The molecule has 2 aromatic rings. The predicted molar refractivity (Wildman–Crippen MR) is 117 cm³/mol. The van der Waals surface area contributed by atoms with Crippen molar-refractivity contribution in [3.05, 3.63) is 64.2 Å². The van der Waals surface area contributed by atoms with Crippen molar-refractivity contribution in [3.8, 4) is 0 Å². The zero-order valence-electron chi connectivity index (χ0n) is 17.8. The Morgan fingerprint density at radius 1 is 1.03 bits per heavy atom. The average Bonchev–Trinajstić information content (AvgIpc) is 3.25. The van der Waals surface area contributed by atoms with Crippen molar-refractivity contribution in [1.82, 2.24) is 9.80 Å². The first-order chi connectivity index (χ1) is 15.6. The molecule has 1 unspecified atom stereocenters. The Bertz CT molecular complexity index is 1130. The fourth-order valence-corrected chi connectivity index (χ4v) is 5.05. The molecule has 6 rings (SSSR count). The predicted octanol–water partition coefficient (Wildman–Crippen LogP) is 3.19. The monoisotopic (exact) mass is 431 g/mol. The maximum absolute atomic E-state index is 13.0. The SMILES string of the molecule is O=C(Nc1cccc2c1CN(C1CC1)C2)c1ccc2c(c1)C(=O)N(CC1CCCO1)C2=O. The largest absolute Gasteiger partial charge is 0.376 e. The van der Waals surface area contributed by atoms with Crippen LogP contribution in [0, 0.1) is 0 Å². The summed E-state index contributed by atoms with van der Waals surface area (Å²) in [6, 6.07) is 11.4. The maximum Gasteiger partial charge on any atom is 0.261 e. The van der Waals surface area contributed by atoms with Crippen LogP contribution in [0.2, 0.25) is 0 Å². The lowest BCUT2D eigenvalue weighted by Crippen LogP contribution is -2.36. The molecule has 1 atom stereocenters. The highest BCUT2D eigenvalue weighted by Crippen LogP contribution is 2.37. The molecule has 0 radical (unpaired) electrons. The van der Waals surface area contributed by atoms with E-state index in [0.29, 0.717) is 29.3 Å². The van der Waals surface area contributed by atoms with Crippen LogP contribution >= 0.6 is 0 Å². The number of nitrogens with zero attached hydrogens (tertiary/aromatic N) is 2. The van der Waals surface area contributed by atoms with Gasteiger partial charge in [0.2, 0.25) is 0 Å². The molecule has 2 aromatic carbocycles. The van der Waals surface area contributed by atoms with Crippen LogP contribution in [0.1, 0.15) is 67.9 Å². The van der Waals surface area contributed by atoms with Crippen molar-refractivity contribution in [1.29, 1.82) is 0 Å². The van der Waals surface area contributed by atoms with Crippen LogP contribution in [-0.4, -0.2) is 52.8 Å². The van der Waals surface area contributed by atoms with E-state index in [-0.39, 0.29) is 30.4 Å². The van der Waals surface area contributed by atoms with Crippen molar-refractivity contribution in [3.63, 3.8) is 0 Å². The van der Waals surface area contributed by atoms with Crippen molar-refractivity contribution < 1.29 is 19.1 Å². The number of rotatable bonds is 5. The number of hydrogen-bond donors (Lipinski definition) is 1. The van der Waals surface area contributed by atoms with Crippen molar-refractivity contribution in [2.24, 2.45) is 0 Å². The summed E-state index contributed by atoms with van der Waals surface area (Å²) in [5, 5.41) is 3.03. The van der Waals surface area contributed by atoms with Crippen molar-refractivity contribution >= 4 is 23.4 Å². The zero-order chi connectivity index (χ0) is 21.8. The van der Waals surface area contributed by atoms with Crippen LogP contribution < -0.4 is 5.32 Å². The van der Waals surface area contributed by atoms with E-state index in [1.54, 1.807) is 18.2 Å². The number of ether oxygens (including phenoxy) is 1. The highest BCUT2D eigenvalue weighted by molar-refractivity contribution is 6.22. The molecule has 7 nitrogen and oxygen atoms in total. The Labute approximate surface area is 186 Å². The molecule has 3 aliphatic heterocycles. The zero-order valence-corrected chi connectivity index (χ0v) is 17.8. The summed E-state index contributed by atoms with van der Waals surface area (Å²) in [5.74, 6) is -0.937. The second-order valence-corrected chi connectivity index (χ2v) is 9.15. The minimum atomic E-state index is -0.351. The molecular formula is C25H25N3O4. The standard InChI is InChI=1S/C25H25N3O4/c29-23(26-22-5-1-3-16-12-27(14-21(16)22)17-7-8-17)15-6-9-19-20(11-15)25(31)28(24(19)30)13-18-4-2-10-32-18/h1,3,5-6,9,11,17-18H,2,4,7-8,10,12-14H2,(H,26,29). The molecule has 1 saturated carbocycles. The Hall–Kier alpha value is -3.03. The van der Waals surface area contributed by atoms with Gasteiger partial charge in [-0.3, -0.25) is 24.2 Å². The van der Waals surface area contributed by atoms with E-state index in [1.165, 1.54) is 28.9 Å². The van der Waals surface area contributed by atoms with Crippen LogP contribution in [-0.2, 0) is 17.8 Å². The number of hydrogen-bond acceptors (Lipinski definition) is 5. The lowest BCUT2D eigenvalue weighted by atomic mass is 10.0. The first-order valence-electron chi connectivity index (χ1n) is 11.4. The average molecular weight is 431 g/mol. The molecule has 4 aliphatic rings. The number of imide groups is 1. The van der Waals surface area contributed by atoms with Gasteiger partial charge in [-0.1, -0.05) is 12.1 Å². The molecule has 3 heterocycles. The van der Waals surface area contributed by atoms with Gasteiger partial charge in [0.1, 0.15) is 0 Å². The summed E-state index contributed by atoms with van der Waals surface area (Å²) in [6.07, 6.45) is 4.19. The van der Waals surface area contributed by atoms with E-state index in [4.69, 9.17) is 4.74 Å². The Balaban J connectivity index is 1.21. The van der Waals surface area contributed by atoms with Crippen molar-refractivity contribution in [2.45, 2.75) is 50.9 Å². The number of carbonyl (C=O) groups excluding carboxylic acids is 3. The fraction of sp³-hybridized carbons (Fsp3) is 0.400. The van der Waals surface area contributed by atoms with Gasteiger partial charge in [0, 0.05) is 37.0 Å². The van der Waals surface area contributed by atoms with Gasteiger partial charge in [0.05, 0.1) is 23.8 Å². The second-order valence-electron chi connectivity index (χ2n) is 9.15. The van der Waals surface area contributed by atoms with Gasteiger partial charge in [-0.25, -0.2) is 0 Å². The lowest BCUT2D eigenvalue weighted by molar-refractivity contribution is 0.0475. The van der Waals surface area contributed by atoms with E-state index >= 15 is 0 Å².